The topological polar surface area (TPSA) is 49.4 Å². The Morgan fingerprint density at radius 2 is 1.93 bits per heavy atom. The van der Waals surface area contributed by atoms with E-state index >= 15 is 0 Å². The van der Waals surface area contributed by atoms with Crippen LogP contribution in [0.25, 0.3) is 0 Å². The van der Waals surface area contributed by atoms with Crippen molar-refractivity contribution in [2.24, 2.45) is 0 Å². The Labute approximate surface area is 85.7 Å². The molecule has 1 amide bonds. The summed E-state index contributed by atoms with van der Waals surface area (Å²) < 4.78 is 0. The van der Waals surface area contributed by atoms with Crippen molar-refractivity contribution in [1.29, 1.82) is 0 Å². The van der Waals surface area contributed by atoms with Crippen LogP contribution < -0.4 is 5.32 Å². The molecule has 0 saturated carbocycles. The van der Waals surface area contributed by atoms with E-state index in [2.05, 4.69) is 10.2 Å². The number of hydrogen-bond acceptors (Lipinski definition) is 3. The fourth-order valence-corrected chi connectivity index (χ4v) is 1.08. The van der Waals surface area contributed by atoms with E-state index < -0.39 is 0 Å². The molecule has 1 N–H and O–H groups in total. The molecular weight excluding hydrogens is 180 g/mol. The molecule has 4 heteroatoms. The van der Waals surface area contributed by atoms with Crippen molar-refractivity contribution >= 4 is 11.7 Å². The maximum atomic E-state index is 11.2. The van der Waals surface area contributed by atoms with E-state index in [1.165, 1.54) is 6.92 Å². The predicted octanol–water partition coefficient (Wildman–Crippen LogP) is 0.422. The summed E-state index contributed by atoms with van der Waals surface area (Å²) in [7, 11) is 3.98. The monoisotopic (exact) mass is 200 g/mol. The summed E-state index contributed by atoms with van der Waals surface area (Å²) in [5.41, 5.74) is 0. The maximum absolute atomic E-state index is 11.2. The van der Waals surface area contributed by atoms with Crippen molar-refractivity contribution in [1.82, 2.24) is 10.2 Å². The van der Waals surface area contributed by atoms with Crippen LogP contribution >= 0.6 is 0 Å². The summed E-state index contributed by atoms with van der Waals surface area (Å²) in [5.74, 6) is -0.272. The number of carbonyl (C=O) groups excluding carboxylic acids is 2. The van der Waals surface area contributed by atoms with Crippen LogP contribution in [0.1, 0.15) is 26.7 Å². The van der Waals surface area contributed by atoms with Gasteiger partial charge >= 0.3 is 0 Å². The number of hydrogen-bond donors (Lipinski definition) is 1. The molecule has 1 unspecified atom stereocenters. The smallest absolute Gasteiger partial charge is 0.227 e. The highest BCUT2D eigenvalue weighted by atomic mass is 16.2. The molecule has 0 saturated heterocycles. The van der Waals surface area contributed by atoms with Crippen LogP contribution in [0.4, 0.5) is 0 Å². The van der Waals surface area contributed by atoms with Crippen LogP contribution in [0.2, 0.25) is 0 Å². The molecule has 0 aromatic carbocycles. The van der Waals surface area contributed by atoms with Crippen LogP contribution in [-0.2, 0) is 9.59 Å². The van der Waals surface area contributed by atoms with Gasteiger partial charge in [0.15, 0.2) is 0 Å². The highest BCUT2D eigenvalue weighted by Crippen LogP contribution is 1.93. The Morgan fingerprint density at radius 1 is 1.36 bits per heavy atom. The van der Waals surface area contributed by atoms with Gasteiger partial charge in [-0.2, -0.15) is 0 Å². The highest BCUT2D eigenvalue weighted by molar-refractivity contribution is 5.96. The lowest BCUT2D eigenvalue weighted by atomic mass is 10.2. The third-order valence-corrected chi connectivity index (χ3v) is 1.83. The van der Waals surface area contributed by atoms with Gasteiger partial charge in [0, 0.05) is 6.04 Å². The van der Waals surface area contributed by atoms with Crippen LogP contribution in [0, 0.1) is 0 Å². The Kier molecular flexibility index (Phi) is 6.12. The van der Waals surface area contributed by atoms with Crippen molar-refractivity contribution in [3.8, 4) is 0 Å². The number of Topliss-reactive ketones (excluding diaryl/α,β-unsaturated/α-hetero) is 1. The quantitative estimate of drug-likeness (QED) is 0.632. The van der Waals surface area contributed by atoms with Crippen LogP contribution in [0.3, 0.4) is 0 Å². The van der Waals surface area contributed by atoms with E-state index in [4.69, 9.17) is 0 Å². The minimum atomic E-state index is -0.177. The zero-order valence-corrected chi connectivity index (χ0v) is 9.46. The molecular formula is C10H20N2O2. The molecule has 82 valence electrons. The van der Waals surface area contributed by atoms with Gasteiger partial charge in [-0.05, 0) is 40.9 Å². The summed E-state index contributed by atoms with van der Waals surface area (Å²) >= 11 is 0. The molecule has 0 spiro atoms. The number of carbonyl (C=O) groups is 2. The lowest BCUT2D eigenvalue weighted by Crippen LogP contribution is -2.35. The van der Waals surface area contributed by atoms with Crippen molar-refractivity contribution in [3.05, 3.63) is 0 Å². The van der Waals surface area contributed by atoms with Gasteiger partial charge < -0.3 is 10.2 Å². The van der Waals surface area contributed by atoms with Crippen LogP contribution in [-0.4, -0.2) is 43.3 Å². The van der Waals surface area contributed by atoms with Gasteiger partial charge in [-0.25, -0.2) is 0 Å². The molecule has 0 radical (unpaired) electrons. The predicted molar refractivity (Wildman–Crippen MR) is 56.1 cm³/mol. The summed E-state index contributed by atoms with van der Waals surface area (Å²) in [6.45, 7) is 4.30. The molecule has 0 aliphatic rings. The molecule has 0 heterocycles. The van der Waals surface area contributed by atoms with Crippen molar-refractivity contribution in [2.45, 2.75) is 32.7 Å². The molecule has 0 bridgehead atoms. The second kappa shape index (κ2) is 6.54. The SMILES string of the molecule is CC(=O)CC(=O)NC(C)CCN(C)C. The van der Waals surface area contributed by atoms with Gasteiger partial charge in [0.1, 0.15) is 5.78 Å². The third-order valence-electron chi connectivity index (χ3n) is 1.83. The fourth-order valence-electron chi connectivity index (χ4n) is 1.08. The van der Waals surface area contributed by atoms with E-state index in [9.17, 15) is 9.59 Å². The van der Waals surface area contributed by atoms with Gasteiger partial charge in [-0.3, -0.25) is 9.59 Å². The summed E-state index contributed by atoms with van der Waals surface area (Å²) in [6.07, 6.45) is 0.892. The zero-order valence-electron chi connectivity index (χ0n) is 9.46. The zero-order chi connectivity index (χ0) is 11.1. The number of nitrogens with one attached hydrogen (secondary N) is 1. The van der Waals surface area contributed by atoms with Crippen molar-refractivity contribution in [2.75, 3.05) is 20.6 Å². The molecule has 0 fully saturated rings. The first-order chi connectivity index (χ1) is 6.41. The number of rotatable bonds is 6. The van der Waals surface area contributed by atoms with Gasteiger partial charge in [0.2, 0.25) is 5.91 Å². The second-order valence-electron chi connectivity index (χ2n) is 3.94. The van der Waals surface area contributed by atoms with Crippen LogP contribution in [0.5, 0.6) is 0 Å². The van der Waals surface area contributed by atoms with Gasteiger partial charge in [0.05, 0.1) is 6.42 Å². The van der Waals surface area contributed by atoms with Gasteiger partial charge in [-0.15, -0.1) is 0 Å². The van der Waals surface area contributed by atoms with E-state index in [-0.39, 0.29) is 24.2 Å². The fraction of sp³-hybridized carbons (Fsp3) is 0.800. The lowest BCUT2D eigenvalue weighted by Gasteiger charge is -2.16. The summed E-state index contributed by atoms with van der Waals surface area (Å²) in [4.78, 5) is 23.9. The largest absolute Gasteiger partial charge is 0.353 e. The highest BCUT2D eigenvalue weighted by Gasteiger charge is 2.08. The first-order valence-electron chi connectivity index (χ1n) is 4.85. The lowest BCUT2D eigenvalue weighted by molar-refractivity contribution is -0.127. The molecule has 0 aliphatic carbocycles. The minimum Gasteiger partial charge on any atom is -0.353 e. The Balaban J connectivity index is 3.65. The average molecular weight is 200 g/mol. The Morgan fingerprint density at radius 3 is 2.36 bits per heavy atom. The first-order valence-corrected chi connectivity index (χ1v) is 4.85. The number of amides is 1. The van der Waals surface area contributed by atoms with E-state index in [0.717, 1.165) is 13.0 Å². The molecule has 0 aromatic rings. The Hall–Kier alpha value is -0.900. The van der Waals surface area contributed by atoms with Crippen LogP contribution in [0.15, 0.2) is 0 Å². The number of nitrogens with zero attached hydrogens (tertiary/aromatic N) is 1. The molecule has 1 atom stereocenters. The summed E-state index contributed by atoms with van der Waals surface area (Å²) in [5, 5.41) is 2.78. The average Bonchev–Trinajstić information content (AvgIpc) is 1.98. The normalized spacial score (nSPS) is 12.6. The Bertz CT molecular complexity index is 202. The van der Waals surface area contributed by atoms with E-state index in [1.54, 1.807) is 0 Å². The molecule has 0 aromatic heterocycles. The van der Waals surface area contributed by atoms with Gasteiger partial charge in [-0.1, -0.05) is 0 Å². The summed E-state index contributed by atoms with van der Waals surface area (Å²) in [6, 6.07) is 0.129. The molecule has 0 rings (SSSR count). The first kappa shape index (κ1) is 13.1. The standard InChI is InChI=1S/C10H20N2O2/c1-8(5-6-12(3)4)11-10(14)7-9(2)13/h8H,5-7H2,1-4H3,(H,11,14). The second-order valence-corrected chi connectivity index (χ2v) is 3.94. The molecule has 4 nitrogen and oxygen atoms in total. The third kappa shape index (κ3) is 7.73. The van der Waals surface area contributed by atoms with Gasteiger partial charge in [0.25, 0.3) is 0 Å². The van der Waals surface area contributed by atoms with Crippen molar-refractivity contribution in [3.63, 3.8) is 0 Å². The number of ketones is 1. The maximum Gasteiger partial charge on any atom is 0.227 e. The minimum absolute atomic E-state index is 0.00763. The van der Waals surface area contributed by atoms with E-state index in [0.29, 0.717) is 0 Å². The molecule has 0 aliphatic heterocycles. The van der Waals surface area contributed by atoms with E-state index in [1.807, 2.05) is 21.0 Å². The van der Waals surface area contributed by atoms with Crippen molar-refractivity contribution < 1.29 is 9.59 Å². The molecule has 14 heavy (non-hydrogen) atoms.